The third-order valence-electron chi connectivity index (χ3n) is 4.36. The molecule has 0 saturated carbocycles. The van der Waals surface area contributed by atoms with Gasteiger partial charge in [0, 0.05) is 42.5 Å². The van der Waals surface area contributed by atoms with Crippen LogP contribution in [-0.2, 0) is 11.3 Å². The second-order valence-corrected chi connectivity index (χ2v) is 5.73. The van der Waals surface area contributed by atoms with Crippen molar-refractivity contribution in [1.29, 1.82) is 0 Å². The van der Waals surface area contributed by atoms with Crippen LogP contribution in [0.1, 0.15) is 24.5 Å². The number of nitrogens with one attached hydrogen (secondary N) is 1. The molecule has 1 saturated heterocycles. The molecule has 102 valence electrons. The number of aliphatic carboxylic acids is 1. The summed E-state index contributed by atoms with van der Waals surface area (Å²) in [5, 5.41) is 10.6. The van der Waals surface area contributed by atoms with E-state index in [1.807, 2.05) is 16.7 Å². The average molecular weight is 262 g/mol. The average Bonchev–Trinajstić information content (AvgIpc) is 2.38. The van der Waals surface area contributed by atoms with Crippen LogP contribution in [0.5, 0.6) is 0 Å². The second-order valence-electron chi connectivity index (χ2n) is 5.73. The van der Waals surface area contributed by atoms with Gasteiger partial charge in [-0.25, -0.2) is 0 Å². The second kappa shape index (κ2) is 4.81. The van der Waals surface area contributed by atoms with E-state index in [2.05, 4.69) is 0 Å². The number of carbonyl (C=O) groups is 1. The molecule has 0 amide bonds. The van der Waals surface area contributed by atoms with Crippen LogP contribution < -0.4 is 15.6 Å². The lowest BCUT2D eigenvalue weighted by Crippen LogP contribution is -3.14. The maximum absolute atomic E-state index is 11.9. The molecule has 1 fully saturated rings. The minimum absolute atomic E-state index is 0.0883. The predicted octanol–water partition coefficient (Wildman–Crippen LogP) is -2.01. The zero-order chi connectivity index (χ0) is 13.4. The summed E-state index contributed by atoms with van der Waals surface area (Å²) in [4.78, 5) is 23.8. The van der Waals surface area contributed by atoms with E-state index in [9.17, 15) is 14.7 Å². The number of pyridine rings is 1. The summed E-state index contributed by atoms with van der Waals surface area (Å²) in [5.41, 5.74) is 1.21. The van der Waals surface area contributed by atoms with E-state index in [0.29, 0.717) is 18.4 Å². The number of hydrogen-bond acceptors (Lipinski definition) is 3. The molecule has 5 nitrogen and oxygen atoms in total. The number of fused-ring (bicyclic) bond motifs is 4. The Morgan fingerprint density at radius 1 is 1.42 bits per heavy atom. The molecule has 0 spiro atoms. The summed E-state index contributed by atoms with van der Waals surface area (Å²) >= 11 is 0. The van der Waals surface area contributed by atoms with Crippen LogP contribution in [0.2, 0.25) is 0 Å². The molecule has 1 aromatic heterocycles. The largest absolute Gasteiger partial charge is 0.550 e. The molecular weight excluding hydrogens is 244 g/mol. The molecule has 1 N–H and O–H groups in total. The van der Waals surface area contributed by atoms with Crippen molar-refractivity contribution in [2.75, 3.05) is 19.6 Å². The zero-order valence-electron chi connectivity index (χ0n) is 10.8. The van der Waals surface area contributed by atoms with Crippen molar-refractivity contribution < 1.29 is 14.8 Å². The number of carbonyl (C=O) groups excluding carboxylic acids is 1. The Bertz CT molecular complexity index is 552. The molecule has 5 heteroatoms. The fourth-order valence-electron chi connectivity index (χ4n) is 3.60. The van der Waals surface area contributed by atoms with Crippen molar-refractivity contribution in [3.8, 4) is 0 Å². The van der Waals surface area contributed by atoms with Gasteiger partial charge in [0.1, 0.15) is 0 Å². The number of nitrogens with zero attached hydrogens (tertiary/aromatic N) is 1. The summed E-state index contributed by atoms with van der Waals surface area (Å²) in [6.07, 6.45) is 1.24. The Kier molecular flexibility index (Phi) is 3.14. The van der Waals surface area contributed by atoms with Gasteiger partial charge in [-0.2, -0.15) is 0 Å². The lowest BCUT2D eigenvalue weighted by molar-refractivity contribution is -0.910. The number of piperidine rings is 1. The van der Waals surface area contributed by atoms with Crippen LogP contribution in [0.15, 0.2) is 23.0 Å². The smallest absolute Gasteiger partial charge is 0.250 e. The minimum atomic E-state index is -0.972. The third-order valence-corrected chi connectivity index (χ3v) is 4.36. The van der Waals surface area contributed by atoms with Crippen LogP contribution in [-0.4, -0.2) is 30.2 Å². The monoisotopic (exact) mass is 262 g/mol. The third kappa shape index (κ3) is 2.42. The first-order valence-corrected chi connectivity index (χ1v) is 6.86. The first-order chi connectivity index (χ1) is 9.13. The van der Waals surface area contributed by atoms with Crippen LogP contribution in [0.25, 0.3) is 0 Å². The molecule has 19 heavy (non-hydrogen) atoms. The first kappa shape index (κ1) is 12.4. The molecule has 1 unspecified atom stereocenters. The van der Waals surface area contributed by atoms with Gasteiger partial charge in [0.15, 0.2) is 0 Å². The first-order valence-electron chi connectivity index (χ1n) is 6.86. The van der Waals surface area contributed by atoms with E-state index in [1.165, 1.54) is 4.90 Å². The lowest BCUT2D eigenvalue weighted by Gasteiger charge is -2.40. The van der Waals surface area contributed by atoms with Crippen LogP contribution in [0.3, 0.4) is 0 Å². The van der Waals surface area contributed by atoms with E-state index in [1.54, 1.807) is 6.07 Å². The van der Waals surface area contributed by atoms with Gasteiger partial charge in [-0.3, -0.25) is 4.79 Å². The minimum Gasteiger partial charge on any atom is -0.550 e. The molecular formula is C14H18N2O3. The normalized spacial score (nSPS) is 28.7. The maximum Gasteiger partial charge on any atom is 0.250 e. The predicted molar refractivity (Wildman–Crippen MR) is 66.7 cm³/mol. The number of aromatic nitrogens is 1. The van der Waals surface area contributed by atoms with Crippen molar-refractivity contribution in [3.05, 3.63) is 34.2 Å². The molecule has 3 atom stereocenters. The van der Waals surface area contributed by atoms with Crippen molar-refractivity contribution in [2.24, 2.45) is 5.92 Å². The topological polar surface area (TPSA) is 66.6 Å². The van der Waals surface area contributed by atoms with E-state index >= 15 is 0 Å². The Morgan fingerprint density at radius 3 is 3.05 bits per heavy atom. The SMILES string of the molecule is O=C([O-])CC[NH+]1C[C@@H]2C[C@H](C1)c1cccc(=O)n1C2. The van der Waals surface area contributed by atoms with Gasteiger partial charge >= 0.3 is 0 Å². The van der Waals surface area contributed by atoms with Gasteiger partial charge in [0.25, 0.3) is 5.56 Å². The molecule has 1 aromatic rings. The van der Waals surface area contributed by atoms with Gasteiger partial charge in [0.2, 0.25) is 0 Å². The molecule has 0 radical (unpaired) electrons. The zero-order valence-corrected chi connectivity index (χ0v) is 10.8. The van der Waals surface area contributed by atoms with Crippen LogP contribution >= 0.6 is 0 Å². The molecule has 2 aliphatic rings. The number of quaternary nitrogens is 1. The molecule has 2 aliphatic heterocycles. The Hall–Kier alpha value is -1.62. The summed E-state index contributed by atoms with van der Waals surface area (Å²) in [5.74, 6) is -0.0962. The van der Waals surface area contributed by atoms with E-state index < -0.39 is 5.97 Å². The molecule has 0 aliphatic carbocycles. The number of hydrogen-bond donors (Lipinski definition) is 1. The number of rotatable bonds is 3. The van der Waals surface area contributed by atoms with Crippen molar-refractivity contribution in [2.45, 2.75) is 25.3 Å². The van der Waals surface area contributed by atoms with E-state index in [-0.39, 0.29) is 12.0 Å². The number of carboxylic acids is 1. The van der Waals surface area contributed by atoms with Gasteiger partial charge < -0.3 is 19.4 Å². The Labute approximate surface area is 111 Å². The fraction of sp³-hybridized carbons (Fsp3) is 0.571. The van der Waals surface area contributed by atoms with Gasteiger partial charge in [-0.15, -0.1) is 0 Å². The highest BCUT2D eigenvalue weighted by atomic mass is 16.4. The van der Waals surface area contributed by atoms with Gasteiger partial charge in [0.05, 0.1) is 19.6 Å². The van der Waals surface area contributed by atoms with Gasteiger partial charge in [-0.1, -0.05) is 6.07 Å². The summed E-state index contributed by atoms with van der Waals surface area (Å²) in [6.45, 7) is 3.30. The van der Waals surface area contributed by atoms with Crippen LogP contribution in [0.4, 0.5) is 0 Å². The highest BCUT2D eigenvalue weighted by molar-refractivity contribution is 5.64. The maximum atomic E-state index is 11.9. The van der Waals surface area contributed by atoms with Crippen molar-refractivity contribution in [3.63, 3.8) is 0 Å². The van der Waals surface area contributed by atoms with Crippen molar-refractivity contribution >= 4 is 5.97 Å². The summed E-state index contributed by atoms with van der Waals surface area (Å²) in [7, 11) is 0. The number of likely N-dealkylation sites (tertiary alicyclic amines) is 1. The summed E-state index contributed by atoms with van der Waals surface area (Å²) < 4.78 is 1.90. The number of carboxylic acid groups (broad SMARTS) is 1. The molecule has 3 rings (SSSR count). The fourth-order valence-corrected chi connectivity index (χ4v) is 3.60. The molecule has 0 aromatic carbocycles. The van der Waals surface area contributed by atoms with Gasteiger partial charge in [-0.05, 0) is 12.5 Å². The summed E-state index contributed by atoms with van der Waals surface area (Å²) in [6, 6.07) is 5.47. The molecule has 3 heterocycles. The highest BCUT2D eigenvalue weighted by Crippen LogP contribution is 2.29. The highest BCUT2D eigenvalue weighted by Gasteiger charge is 2.36. The van der Waals surface area contributed by atoms with E-state index in [4.69, 9.17) is 0 Å². The lowest BCUT2D eigenvalue weighted by atomic mass is 9.83. The Balaban J connectivity index is 1.80. The quantitative estimate of drug-likeness (QED) is 0.684. The van der Waals surface area contributed by atoms with Crippen molar-refractivity contribution in [1.82, 2.24) is 4.57 Å². The molecule has 2 bridgehead atoms. The Morgan fingerprint density at radius 2 is 2.26 bits per heavy atom. The standard InChI is InChI=1S/C14H18N2O3/c17-13-3-1-2-12-11-6-10(8-16(12)13)7-15(9-11)5-4-14(18)19/h1-3,10-11H,4-9H2,(H,18,19)/t10-,11+/m0/s1. The van der Waals surface area contributed by atoms with E-state index in [0.717, 1.165) is 31.7 Å². The van der Waals surface area contributed by atoms with Crippen LogP contribution in [0, 0.1) is 5.92 Å².